The van der Waals surface area contributed by atoms with Gasteiger partial charge in [-0.2, -0.15) is 0 Å². The van der Waals surface area contributed by atoms with Crippen molar-refractivity contribution in [2.45, 2.75) is 39.2 Å². The molecule has 0 bridgehead atoms. The number of hydrogen-bond donors (Lipinski definition) is 1. The second kappa shape index (κ2) is 6.86. The summed E-state index contributed by atoms with van der Waals surface area (Å²) in [5.74, 6) is 0.688. The van der Waals surface area contributed by atoms with Crippen LogP contribution in [0.4, 0.5) is 0 Å². The molecule has 2 aromatic carbocycles. The number of aryl methyl sites for hydroxylation is 3. The maximum absolute atomic E-state index is 12.2. The lowest BCUT2D eigenvalue weighted by molar-refractivity contribution is -0.123. The smallest absolute Gasteiger partial charge is 0.258 e. The zero-order valence-electron chi connectivity index (χ0n) is 13.8. The van der Waals surface area contributed by atoms with Gasteiger partial charge >= 0.3 is 0 Å². The first-order valence-electron chi connectivity index (χ1n) is 8.20. The van der Waals surface area contributed by atoms with Crippen LogP contribution in [-0.2, 0) is 11.2 Å². The van der Waals surface area contributed by atoms with Gasteiger partial charge in [0.15, 0.2) is 6.61 Å². The van der Waals surface area contributed by atoms with Crippen molar-refractivity contribution in [3.63, 3.8) is 0 Å². The first kappa shape index (κ1) is 15.6. The molecule has 0 aliphatic heterocycles. The van der Waals surface area contributed by atoms with E-state index in [0.717, 1.165) is 36.1 Å². The van der Waals surface area contributed by atoms with Crippen molar-refractivity contribution in [3.8, 4) is 5.75 Å². The molecule has 0 radical (unpaired) electrons. The van der Waals surface area contributed by atoms with E-state index in [4.69, 9.17) is 4.74 Å². The van der Waals surface area contributed by atoms with Crippen molar-refractivity contribution in [1.82, 2.24) is 5.32 Å². The summed E-state index contributed by atoms with van der Waals surface area (Å²) in [6, 6.07) is 14.5. The van der Waals surface area contributed by atoms with Crippen molar-refractivity contribution in [2.24, 2.45) is 0 Å². The summed E-state index contributed by atoms with van der Waals surface area (Å²) in [6.45, 7) is 4.11. The van der Waals surface area contributed by atoms with Gasteiger partial charge in [-0.05, 0) is 67.5 Å². The Morgan fingerprint density at radius 3 is 2.70 bits per heavy atom. The number of benzene rings is 2. The van der Waals surface area contributed by atoms with Gasteiger partial charge in [-0.3, -0.25) is 4.79 Å². The summed E-state index contributed by atoms with van der Waals surface area (Å²) in [7, 11) is 0. The molecule has 2 aromatic rings. The van der Waals surface area contributed by atoms with Crippen LogP contribution in [0.5, 0.6) is 5.75 Å². The summed E-state index contributed by atoms with van der Waals surface area (Å²) < 4.78 is 5.65. The van der Waals surface area contributed by atoms with Crippen molar-refractivity contribution in [2.75, 3.05) is 6.61 Å². The molecule has 3 nitrogen and oxygen atoms in total. The van der Waals surface area contributed by atoms with E-state index in [1.165, 1.54) is 11.1 Å². The number of carbonyl (C=O) groups is 1. The molecule has 23 heavy (non-hydrogen) atoms. The molecule has 1 aliphatic carbocycles. The lowest BCUT2D eigenvalue weighted by Gasteiger charge is -2.26. The third kappa shape index (κ3) is 3.92. The van der Waals surface area contributed by atoms with Crippen LogP contribution in [0.25, 0.3) is 0 Å². The second-order valence-electron chi connectivity index (χ2n) is 6.32. The molecule has 1 N–H and O–H groups in total. The highest BCUT2D eigenvalue weighted by Crippen LogP contribution is 2.29. The number of ether oxygens (including phenoxy) is 1. The quantitative estimate of drug-likeness (QED) is 0.931. The number of hydrogen-bond acceptors (Lipinski definition) is 2. The van der Waals surface area contributed by atoms with E-state index in [0.29, 0.717) is 0 Å². The Kier molecular flexibility index (Phi) is 4.65. The van der Waals surface area contributed by atoms with Crippen LogP contribution in [0.2, 0.25) is 0 Å². The van der Waals surface area contributed by atoms with Gasteiger partial charge in [0.25, 0.3) is 5.91 Å². The lowest BCUT2D eigenvalue weighted by atomic mass is 9.88. The maximum Gasteiger partial charge on any atom is 0.258 e. The van der Waals surface area contributed by atoms with Gasteiger partial charge in [0.1, 0.15) is 5.75 Å². The first-order valence-corrected chi connectivity index (χ1v) is 8.20. The Bertz CT molecular complexity index is 688. The van der Waals surface area contributed by atoms with Gasteiger partial charge in [-0.15, -0.1) is 0 Å². The van der Waals surface area contributed by atoms with Gasteiger partial charge in [-0.25, -0.2) is 0 Å². The number of amides is 1. The van der Waals surface area contributed by atoms with Crippen LogP contribution in [-0.4, -0.2) is 12.5 Å². The SMILES string of the molecule is Cc1cc(C)cc(OCC(=O)N[C@@H]2CCCc3ccccc32)c1. The zero-order valence-corrected chi connectivity index (χ0v) is 13.8. The summed E-state index contributed by atoms with van der Waals surface area (Å²) in [5.41, 5.74) is 4.88. The molecule has 1 amide bonds. The first-order chi connectivity index (χ1) is 11.1. The second-order valence-corrected chi connectivity index (χ2v) is 6.32. The van der Waals surface area contributed by atoms with Crippen LogP contribution in [0.3, 0.4) is 0 Å². The fourth-order valence-corrected chi connectivity index (χ4v) is 3.30. The minimum atomic E-state index is -0.0640. The van der Waals surface area contributed by atoms with E-state index < -0.39 is 0 Å². The van der Waals surface area contributed by atoms with E-state index in [9.17, 15) is 4.79 Å². The molecule has 0 spiro atoms. The number of nitrogens with one attached hydrogen (secondary N) is 1. The molecule has 0 saturated carbocycles. The Morgan fingerprint density at radius 1 is 1.17 bits per heavy atom. The van der Waals surface area contributed by atoms with Crippen LogP contribution in [0.15, 0.2) is 42.5 Å². The molecule has 1 aliphatic rings. The summed E-state index contributed by atoms with van der Waals surface area (Å²) in [4.78, 5) is 12.2. The fraction of sp³-hybridized carbons (Fsp3) is 0.350. The van der Waals surface area contributed by atoms with E-state index in [1.54, 1.807) is 0 Å². The largest absolute Gasteiger partial charge is 0.484 e. The molecular formula is C20H23NO2. The predicted octanol–water partition coefficient (Wildman–Crippen LogP) is 3.88. The van der Waals surface area contributed by atoms with Crippen LogP contribution in [0, 0.1) is 13.8 Å². The molecule has 120 valence electrons. The average Bonchev–Trinajstić information content (AvgIpc) is 2.52. The third-order valence-corrected chi connectivity index (χ3v) is 4.27. The Hall–Kier alpha value is -2.29. The van der Waals surface area contributed by atoms with Gasteiger partial charge in [0.2, 0.25) is 0 Å². The van der Waals surface area contributed by atoms with Crippen molar-refractivity contribution in [3.05, 3.63) is 64.7 Å². The third-order valence-electron chi connectivity index (χ3n) is 4.27. The Balaban J connectivity index is 1.60. The van der Waals surface area contributed by atoms with Gasteiger partial charge < -0.3 is 10.1 Å². The molecule has 3 rings (SSSR count). The highest BCUT2D eigenvalue weighted by molar-refractivity contribution is 5.78. The highest BCUT2D eigenvalue weighted by atomic mass is 16.5. The predicted molar refractivity (Wildman–Crippen MR) is 91.7 cm³/mol. The van der Waals surface area contributed by atoms with Gasteiger partial charge in [0, 0.05) is 0 Å². The number of carbonyl (C=O) groups excluding carboxylic acids is 1. The Labute approximate surface area is 137 Å². The standard InChI is InChI=1S/C20H23NO2/c1-14-10-15(2)12-17(11-14)23-13-20(22)21-19-9-5-7-16-6-3-4-8-18(16)19/h3-4,6,8,10-12,19H,5,7,9,13H2,1-2H3,(H,21,22)/t19-/m1/s1. The molecule has 3 heteroatoms. The maximum atomic E-state index is 12.2. The fourth-order valence-electron chi connectivity index (χ4n) is 3.30. The molecule has 1 atom stereocenters. The number of rotatable bonds is 4. The zero-order chi connectivity index (χ0) is 16.2. The van der Waals surface area contributed by atoms with Crippen molar-refractivity contribution in [1.29, 1.82) is 0 Å². The molecule has 0 unspecified atom stereocenters. The van der Waals surface area contributed by atoms with E-state index >= 15 is 0 Å². The summed E-state index contributed by atoms with van der Waals surface area (Å²) in [5, 5.41) is 3.11. The molecular weight excluding hydrogens is 286 g/mol. The lowest BCUT2D eigenvalue weighted by Crippen LogP contribution is -2.34. The topological polar surface area (TPSA) is 38.3 Å². The van der Waals surface area contributed by atoms with Gasteiger partial charge in [0.05, 0.1) is 6.04 Å². The average molecular weight is 309 g/mol. The van der Waals surface area contributed by atoms with E-state index in [2.05, 4.69) is 29.6 Å². The van der Waals surface area contributed by atoms with Gasteiger partial charge in [-0.1, -0.05) is 30.3 Å². The Morgan fingerprint density at radius 2 is 1.91 bits per heavy atom. The van der Waals surface area contributed by atoms with Crippen molar-refractivity contribution < 1.29 is 9.53 Å². The molecule has 0 fully saturated rings. The minimum Gasteiger partial charge on any atom is -0.484 e. The summed E-state index contributed by atoms with van der Waals surface area (Å²) in [6.07, 6.45) is 3.20. The molecule has 0 heterocycles. The highest BCUT2D eigenvalue weighted by Gasteiger charge is 2.21. The number of fused-ring (bicyclic) bond motifs is 1. The summed E-state index contributed by atoms with van der Waals surface area (Å²) >= 11 is 0. The monoisotopic (exact) mass is 309 g/mol. The van der Waals surface area contributed by atoms with E-state index in [-0.39, 0.29) is 18.6 Å². The van der Waals surface area contributed by atoms with Crippen LogP contribution < -0.4 is 10.1 Å². The van der Waals surface area contributed by atoms with Crippen molar-refractivity contribution >= 4 is 5.91 Å². The van der Waals surface area contributed by atoms with Crippen LogP contribution >= 0.6 is 0 Å². The van der Waals surface area contributed by atoms with Crippen LogP contribution in [0.1, 0.15) is 41.1 Å². The van der Waals surface area contributed by atoms with E-state index in [1.807, 2.05) is 32.0 Å². The normalized spacial score (nSPS) is 16.5. The molecule has 0 saturated heterocycles. The minimum absolute atomic E-state index is 0.0571. The molecule has 0 aromatic heterocycles.